The first kappa shape index (κ1) is 19.4. The van der Waals surface area contributed by atoms with Crippen molar-refractivity contribution in [1.29, 1.82) is 0 Å². The van der Waals surface area contributed by atoms with Gasteiger partial charge in [0.05, 0.1) is 12.7 Å². The van der Waals surface area contributed by atoms with E-state index in [2.05, 4.69) is 6.58 Å². The zero-order valence-electron chi connectivity index (χ0n) is 15.5. The number of methoxy groups -OCH3 is 1. The van der Waals surface area contributed by atoms with E-state index in [1.54, 1.807) is 18.2 Å². The summed E-state index contributed by atoms with van der Waals surface area (Å²) < 4.78 is 15.4. The van der Waals surface area contributed by atoms with Gasteiger partial charge in [0.25, 0.3) is 0 Å². The maximum absolute atomic E-state index is 13.1. The van der Waals surface area contributed by atoms with Crippen molar-refractivity contribution >= 4 is 17.9 Å². The van der Waals surface area contributed by atoms with Crippen molar-refractivity contribution in [3.63, 3.8) is 0 Å². The fourth-order valence-corrected chi connectivity index (χ4v) is 3.16. The molecule has 0 N–H and O–H groups in total. The molecule has 1 aliphatic rings. The Morgan fingerprint density at radius 3 is 2.61 bits per heavy atom. The minimum absolute atomic E-state index is 0.0118. The summed E-state index contributed by atoms with van der Waals surface area (Å²) in [6.07, 6.45) is 0.0457. The van der Waals surface area contributed by atoms with E-state index in [0.29, 0.717) is 11.1 Å². The van der Waals surface area contributed by atoms with Gasteiger partial charge in [-0.3, -0.25) is 9.59 Å². The summed E-state index contributed by atoms with van der Waals surface area (Å²) in [7, 11) is 1.26. The predicted molar refractivity (Wildman–Crippen MR) is 100 cm³/mol. The van der Waals surface area contributed by atoms with Gasteiger partial charge in [-0.2, -0.15) is 0 Å². The SMILES string of the molecule is C=C1COC(=O)C(C(=O)OCc2ccccc2)(c2cccc(C(=O)OC)c2)C1. The molecular formula is C22H20O6. The van der Waals surface area contributed by atoms with E-state index < -0.39 is 23.3 Å². The third kappa shape index (κ3) is 3.67. The summed E-state index contributed by atoms with van der Waals surface area (Å²) in [6, 6.07) is 15.3. The van der Waals surface area contributed by atoms with Gasteiger partial charge in [0.15, 0.2) is 5.41 Å². The van der Waals surface area contributed by atoms with Gasteiger partial charge < -0.3 is 14.2 Å². The molecule has 2 aromatic rings. The topological polar surface area (TPSA) is 78.9 Å². The summed E-state index contributed by atoms with van der Waals surface area (Å²) in [5, 5.41) is 0. The third-order valence-corrected chi connectivity index (χ3v) is 4.61. The van der Waals surface area contributed by atoms with E-state index in [9.17, 15) is 14.4 Å². The third-order valence-electron chi connectivity index (χ3n) is 4.61. The number of hydrogen-bond donors (Lipinski definition) is 0. The van der Waals surface area contributed by atoms with Gasteiger partial charge in [0.2, 0.25) is 0 Å². The standard InChI is InChI=1S/C22H20O6/c1-15-12-22(20(24)27-13-15,18-10-6-9-17(11-18)19(23)26-2)21(25)28-14-16-7-4-3-5-8-16/h3-11H,1,12-14H2,2H3. The summed E-state index contributed by atoms with van der Waals surface area (Å²) in [5.74, 6) is -2.04. The predicted octanol–water partition coefficient (Wildman–Crippen LogP) is 2.96. The van der Waals surface area contributed by atoms with Gasteiger partial charge in [0.1, 0.15) is 13.2 Å². The monoisotopic (exact) mass is 380 g/mol. The highest BCUT2D eigenvalue weighted by atomic mass is 16.6. The van der Waals surface area contributed by atoms with Gasteiger partial charge in [-0.05, 0) is 28.8 Å². The molecule has 1 heterocycles. The molecule has 0 aliphatic carbocycles. The lowest BCUT2D eigenvalue weighted by Crippen LogP contribution is -2.49. The van der Waals surface area contributed by atoms with Crippen LogP contribution in [0.4, 0.5) is 0 Å². The van der Waals surface area contributed by atoms with Crippen molar-refractivity contribution in [1.82, 2.24) is 0 Å². The molecule has 1 saturated heterocycles. The molecule has 6 nitrogen and oxygen atoms in total. The van der Waals surface area contributed by atoms with Crippen LogP contribution in [0.1, 0.15) is 27.9 Å². The molecule has 0 radical (unpaired) electrons. The molecule has 6 heteroatoms. The smallest absolute Gasteiger partial charge is 0.337 e. The molecule has 28 heavy (non-hydrogen) atoms. The molecule has 0 spiro atoms. The Morgan fingerprint density at radius 2 is 1.89 bits per heavy atom. The second-order valence-electron chi connectivity index (χ2n) is 6.54. The average Bonchev–Trinajstić information content (AvgIpc) is 2.74. The Bertz CT molecular complexity index is 918. The van der Waals surface area contributed by atoms with Crippen molar-refractivity contribution in [2.45, 2.75) is 18.4 Å². The molecule has 0 bridgehead atoms. The molecule has 1 fully saturated rings. The number of hydrogen-bond acceptors (Lipinski definition) is 6. The fraction of sp³-hybridized carbons (Fsp3) is 0.227. The maximum atomic E-state index is 13.1. The van der Waals surface area contributed by atoms with Gasteiger partial charge in [-0.15, -0.1) is 0 Å². The van der Waals surface area contributed by atoms with Gasteiger partial charge >= 0.3 is 17.9 Å². The second-order valence-corrected chi connectivity index (χ2v) is 6.54. The Morgan fingerprint density at radius 1 is 1.14 bits per heavy atom. The summed E-state index contributed by atoms with van der Waals surface area (Å²) in [4.78, 5) is 37.8. The van der Waals surface area contributed by atoms with Crippen LogP contribution in [-0.4, -0.2) is 31.6 Å². The molecule has 0 amide bonds. The number of ether oxygens (including phenoxy) is 3. The van der Waals surface area contributed by atoms with Crippen molar-refractivity contribution in [3.8, 4) is 0 Å². The van der Waals surface area contributed by atoms with Crippen molar-refractivity contribution in [2.75, 3.05) is 13.7 Å². The number of benzene rings is 2. The van der Waals surface area contributed by atoms with Crippen molar-refractivity contribution in [2.24, 2.45) is 0 Å². The Balaban J connectivity index is 1.99. The molecule has 144 valence electrons. The number of esters is 3. The van der Waals surface area contributed by atoms with Crippen LogP contribution in [-0.2, 0) is 35.8 Å². The lowest BCUT2D eigenvalue weighted by atomic mass is 9.74. The highest BCUT2D eigenvalue weighted by Crippen LogP contribution is 2.38. The van der Waals surface area contributed by atoms with E-state index in [1.165, 1.54) is 13.2 Å². The summed E-state index contributed by atoms with van der Waals surface area (Å²) in [6.45, 7) is 3.92. The Labute approximate surface area is 162 Å². The lowest BCUT2D eigenvalue weighted by Gasteiger charge is -2.34. The lowest BCUT2D eigenvalue weighted by molar-refractivity contribution is -0.168. The van der Waals surface area contributed by atoms with E-state index in [4.69, 9.17) is 14.2 Å². The highest BCUT2D eigenvalue weighted by molar-refractivity contribution is 6.07. The first-order valence-electron chi connectivity index (χ1n) is 8.71. The Kier molecular flexibility index (Phi) is 5.59. The molecule has 0 aromatic heterocycles. The van der Waals surface area contributed by atoms with Crippen LogP contribution in [0.5, 0.6) is 0 Å². The first-order valence-corrected chi connectivity index (χ1v) is 8.71. The van der Waals surface area contributed by atoms with Crippen LogP contribution in [0.15, 0.2) is 66.7 Å². The molecule has 2 aromatic carbocycles. The van der Waals surface area contributed by atoms with Gasteiger partial charge in [-0.1, -0.05) is 49.0 Å². The largest absolute Gasteiger partial charge is 0.465 e. The second kappa shape index (κ2) is 8.08. The minimum atomic E-state index is -1.71. The summed E-state index contributed by atoms with van der Waals surface area (Å²) >= 11 is 0. The highest BCUT2D eigenvalue weighted by Gasteiger charge is 2.53. The van der Waals surface area contributed by atoms with Gasteiger partial charge in [-0.25, -0.2) is 4.79 Å². The number of cyclic esters (lactones) is 1. The zero-order valence-corrected chi connectivity index (χ0v) is 15.5. The van der Waals surface area contributed by atoms with E-state index in [-0.39, 0.29) is 25.2 Å². The van der Waals surface area contributed by atoms with E-state index in [0.717, 1.165) is 5.56 Å². The van der Waals surface area contributed by atoms with Crippen LogP contribution in [0.2, 0.25) is 0 Å². The first-order chi connectivity index (χ1) is 13.5. The molecule has 1 aliphatic heterocycles. The van der Waals surface area contributed by atoms with E-state index in [1.807, 2.05) is 30.3 Å². The quantitative estimate of drug-likeness (QED) is 0.343. The van der Waals surface area contributed by atoms with Crippen molar-refractivity contribution in [3.05, 3.63) is 83.4 Å². The van der Waals surface area contributed by atoms with Crippen LogP contribution in [0.25, 0.3) is 0 Å². The Hall–Kier alpha value is -3.41. The fourth-order valence-electron chi connectivity index (χ4n) is 3.16. The van der Waals surface area contributed by atoms with Crippen LogP contribution in [0, 0.1) is 0 Å². The van der Waals surface area contributed by atoms with Crippen molar-refractivity contribution < 1.29 is 28.6 Å². The van der Waals surface area contributed by atoms with Gasteiger partial charge in [0, 0.05) is 6.42 Å². The normalized spacial score (nSPS) is 18.9. The molecular weight excluding hydrogens is 360 g/mol. The molecule has 3 rings (SSSR count). The van der Waals surface area contributed by atoms with Crippen LogP contribution < -0.4 is 0 Å². The number of carbonyl (C=O) groups excluding carboxylic acids is 3. The van der Waals surface area contributed by atoms with Crippen LogP contribution >= 0.6 is 0 Å². The zero-order chi connectivity index (χ0) is 20.1. The maximum Gasteiger partial charge on any atom is 0.337 e. The molecule has 0 saturated carbocycles. The summed E-state index contributed by atoms with van der Waals surface area (Å²) in [5.41, 5.74) is 0.185. The molecule has 1 unspecified atom stereocenters. The molecule has 1 atom stereocenters. The number of carbonyl (C=O) groups is 3. The minimum Gasteiger partial charge on any atom is -0.465 e. The number of rotatable bonds is 5. The average molecular weight is 380 g/mol. The van der Waals surface area contributed by atoms with E-state index >= 15 is 0 Å². The van der Waals surface area contributed by atoms with Crippen LogP contribution in [0.3, 0.4) is 0 Å².